The summed E-state index contributed by atoms with van der Waals surface area (Å²) in [5, 5.41) is 9.54. The Morgan fingerprint density at radius 1 is 1.57 bits per heavy atom. The summed E-state index contributed by atoms with van der Waals surface area (Å²) < 4.78 is 28.3. The van der Waals surface area contributed by atoms with Crippen LogP contribution in [0.1, 0.15) is 38.2 Å². The van der Waals surface area contributed by atoms with E-state index in [9.17, 15) is 18.3 Å². The Morgan fingerprint density at radius 2 is 2.24 bits per heavy atom. The average Bonchev–Trinajstić information content (AvgIpc) is 2.69. The van der Waals surface area contributed by atoms with Crippen LogP contribution in [-0.2, 0) is 14.8 Å². The number of carboxylic acids is 1. The predicted molar refractivity (Wildman–Crippen MR) is 85.1 cm³/mol. The number of hydrogen-bond acceptors (Lipinski definition) is 4. The summed E-state index contributed by atoms with van der Waals surface area (Å²) in [6, 6.07) is 1.55. The van der Waals surface area contributed by atoms with Gasteiger partial charge in [0, 0.05) is 0 Å². The first-order valence-corrected chi connectivity index (χ1v) is 9.79. The Morgan fingerprint density at radius 3 is 2.71 bits per heavy atom. The topological polar surface area (TPSA) is 83.5 Å². The fourth-order valence-corrected chi connectivity index (χ4v) is 6.38. The Kier molecular flexibility index (Phi) is 4.82. The maximum absolute atomic E-state index is 12.5. The summed E-state index contributed by atoms with van der Waals surface area (Å²) in [7, 11) is -3.83. The van der Waals surface area contributed by atoms with Gasteiger partial charge in [-0.25, -0.2) is 8.42 Å². The molecule has 1 aromatic heterocycles. The zero-order chi connectivity index (χ0) is 15.8. The Hall–Kier alpha value is -0.440. The zero-order valence-corrected chi connectivity index (χ0v) is 15.1. The molecular formula is C13H18BrNO4S2. The Bertz CT molecular complexity index is 636. The summed E-state index contributed by atoms with van der Waals surface area (Å²) in [6.45, 7) is 3.76. The fraction of sp³-hybridized carbons (Fsp3) is 0.615. The van der Waals surface area contributed by atoms with E-state index in [4.69, 9.17) is 0 Å². The van der Waals surface area contributed by atoms with Crippen molar-refractivity contribution in [3.63, 3.8) is 0 Å². The van der Waals surface area contributed by atoms with Gasteiger partial charge in [0.25, 0.3) is 10.0 Å². The third-order valence-corrected chi connectivity index (χ3v) is 7.98. The van der Waals surface area contributed by atoms with E-state index in [2.05, 4.69) is 20.7 Å². The second kappa shape index (κ2) is 5.98. The highest BCUT2D eigenvalue weighted by Gasteiger charge is 2.45. The molecule has 1 aromatic rings. The van der Waals surface area contributed by atoms with Gasteiger partial charge in [-0.15, -0.1) is 11.3 Å². The van der Waals surface area contributed by atoms with Gasteiger partial charge in [0.15, 0.2) is 0 Å². The molecule has 1 saturated carbocycles. The summed E-state index contributed by atoms with van der Waals surface area (Å²) in [5.74, 6) is -0.903. The van der Waals surface area contributed by atoms with Crippen LogP contribution in [0, 0.1) is 12.8 Å². The van der Waals surface area contributed by atoms with Crippen molar-refractivity contribution in [2.24, 2.45) is 5.92 Å². The van der Waals surface area contributed by atoms with Crippen LogP contribution in [0.25, 0.3) is 0 Å². The number of thiophene rings is 1. The quantitative estimate of drug-likeness (QED) is 0.819. The molecule has 0 spiro atoms. The molecule has 1 aliphatic carbocycles. The minimum atomic E-state index is -3.83. The van der Waals surface area contributed by atoms with E-state index in [0.29, 0.717) is 19.3 Å². The second-order valence-corrected chi connectivity index (χ2v) is 10.00. The molecule has 21 heavy (non-hydrogen) atoms. The molecule has 1 aliphatic rings. The van der Waals surface area contributed by atoms with E-state index in [1.54, 1.807) is 13.0 Å². The average molecular weight is 396 g/mol. The number of rotatable bonds is 4. The number of sulfonamides is 1. The first-order valence-electron chi connectivity index (χ1n) is 6.69. The molecule has 2 N–H and O–H groups in total. The van der Waals surface area contributed by atoms with Gasteiger partial charge in [-0.3, -0.25) is 4.79 Å². The van der Waals surface area contributed by atoms with Crippen molar-refractivity contribution in [3.05, 3.63) is 15.4 Å². The lowest BCUT2D eigenvalue weighted by Crippen LogP contribution is -2.56. The van der Waals surface area contributed by atoms with Gasteiger partial charge in [0.1, 0.15) is 9.75 Å². The summed E-state index contributed by atoms with van der Waals surface area (Å²) >= 11 is 4.39. The highest BCUT2D eigenvalue weighted by atomic mass is 79.9. The number of halogens is 1. The van der Waals surface area contributed by atoms with Crippen molar-refractivity contribution in [2.45, 2.75) is 49.3 Å². The molecule has 2 rings (SSSR count). The SMILES string of the molecule is Cc1cc(S(=O)(=O)NC2(C(=O)O)CCCC(C)C2)sc1Br. The lowest BCUT2D eigenvalue weighted by atomic mass is 9.77. The lowest BCUT2D eigenvalue weighted by molar-refractivity contribution is -0.146. The first kappa shape index (κ1) is 16.9. The molecule has 1 heterocycles. The van der Waals surface area contributed by atoms with Crippen molar-refractivity contribution >= 4 is 43.3 Å². The van der Waals surface area contributed by atoms with Gasteiger partial charge in [0.2, 0.25) is 0 Å². The van der Waals surface area contributed by atoms with Crippen molar-refractivity contribution in [2.75, 3.05) is 0 Å². The molecule has 1 fully saturated rings. The van der Waals surface area contributed by atoms with Crippen molar-refractivity contribution < 1.29 is 18.3 Å². The first-order chi connectivity index (χ1) is 9.66. The standard InChI is InChI=1S/C13H18BrNO4S2/c1-8-4-3-5-13(7-8,12(16)17)15-21(18,19)10-6-9(2)11(14)20-10/h6,8,15H,3-5,7H2,1-2H3,(H,16,17). The number of hydrogen-bond donors (Lipinski definition) is 2. The van der Waals surface area contributed by atoms with Crippen LogP contribution < -0.4 is 4.72 Å². The molecular weight excluding hydrogens is 378 g/mol. The maximum Gasteiger partial charge on any atom is 0.324 e. The van der Waals surface area contributed by atoms with Crippen molar-refractivity contribution in [1.82, 2.24) is 4.72 Å². The van der Waals surface area contributed by atoms with Gasteiger partial charge in [-0.2, -0.15) is 4.72 Å². The van der Waals surface area contributed by atoms with Crippen LogP contribution in [0.3, 0.4) is 0 Å². The van der Waals surface area contributed by atoms with Crippen molar-refractivity contribution in [1.29, 1.82) is 0 Å². The molecule has 5 nitrogen and oxygen atoms in total. The van der Waals surface area contributed by atoms with E-state index in [1.165, 1.54) is 0 Å². The largest absolute Gasteiger partial charge is 0.480 e. The molecule has 0 amide bonds. The van der Waals surface area contributed by atoms with E-state index in [0.717, 1.165) is 27.1 Å². The molecule has 0 radical (unpaired) electrons. The third kappa shape index (κ3) is 3.49. The lowest BCUT2D eigenvalue weighted by Gasteiger charge is -2.36. The Balaban J connectivity index is 2.34. The predicted octanol–water partition coefficient (Wildman–Crippen LogP) is 3.13. The molecule has 0 bridgehead atoms. The van der Waals surface area contributed by atoms with Crippen LogP contribution in [0.15, 0.2) is 14.1 Å². The normalized spacial score (nSPS) is 26.7. The maximum atomic E-state index is 12.5. The number of nitrogens with one attached hydrogen (secondary N) is 1. The van der Waals surface area contributed by atoms with Crippen LogP contribution in [0.2, 0.25) is 0 Å². The van der Waals surface area contributed by atoms with E-state index >= 15 is 0 Å². The zero-order valence-electron chi connectivity index (χ0n) is 11.8. The molecule has 118 valence electrons. The summed E-state index contributed by atoms with van der Waals surface area (Å²) in [6.07, 6.45) is 2.30. The third-order valence-electron chi connectivity index (χ3n) is 3.84. The van der Waals surface area contributed by atoms with Gasteiger partial charge in [0.05, 0.1) is 3.79 Å². The van der Waals surface area contributed by atoms with E-state index in [-0.39, 0.29) is 10.1 Å². The highest BCUT2D eigenvalue weighted by molar-refractivity contribution is 9.11. The smallest absolute Gasteiger partial charge is 0.324 e. The second-order valence-electron chi connectivity index (χ2n) is 5.72. The van der Waals surface area contributed by atoms with E-state index in [1.807, 2.05) is 6.92 Å². The van der Waals surface area contributed by atoms with Gasteiger partial charge in [-0.05, 0) is 53.2 Å². The summed E-state index contributed by atoms with van der Waals surface area (Å²) in [5.41, 5.74) is -0.567. The number of carboxylic acid groups (broad SMARTS) is 1. The molecule has 0 aromatic carbocycles. The number of aryl methyl sites for hydroxylation is 1. The number of aliphatic carboxylic acids is 1. The van der Waals surface area contributed by atoms with Gasteiger partial charge in [-0.1, -0.05) is 19.8 Å². The van der Waals surface area contributed by atoms with Crippen LogP contribution >= 0.6 is 27.3 Å². The minimum absolute atomic E-state index is 0.144. The van der Waals surface area contributed by atoms with Crippen molar-refractivity contribution in [3.8, 4) is 0 Å². The highest BCUT2D eigenvalue weighted by Crippen LogP contribution is 2.36. The fourth-order valence-electron chi connectivity index (χ4n) is 2.75. The summed E-state index contributed by atoms with van der Waals surface area (Å²) in [4.78, 5) is 11.7. The number of carbonyl (C=O) groups is 1. The molecule has 0 saturated heterocycles. The Labute approximate surface area is 136 Å². The molecule has 2 unspecified atom stereocenters. The van der Waals surface area contributed by atoms with Gasteiger partial charge < -0.3 is 5.11 Å². The molecule has 2 atom stereocenters. The minimum Gasteiger partial charge on any atom is -0.480 e. The van der Waals surface area contributed by atoms with Crippen LogP contribution in [-0.4, -0.2) is 25.0 Å². The van der Waals surface area contributed by atoms with E-state index < -0.39 is 21.5 Å². The van der Waals surface area contributed by atoms with Gasteiger partial charge >= 0.3 is 5.97 Å². The van der Waals surface area contributed by atoms with Crippen LogP contribution in [0.4, 0.5) is 0 Å². The molecule has 0 aliphatic heterocycles. The molecule has 8 heteroatoms. The van der Waals surface area contributed by atoms with Crippen LogP contribution in [0.5, 0.6) is 0 Å². The monoisotopic (exact) mass is 395 g/mol.